The zero-order chi connectivity index (χ0) is 17.1. The first-order chi connectivity index (χ1) is 10.7. The summed E-state index contributed by atoms with van der Waals surface area (Å²) < 4.78 is 25.7. The standard InChI is InChI=1S/C15H25ClN3O3S/c1-17-7-10-19(2,11-8-17)9-4-12-23(21,22)18(20)15-6-3-5-14(16)13-15/h3,5-6,13,20H,4,7-12H2,1-2H3/q+1. The molecule has 0 unspecified atom stereocenters. The van der Waals surface area contributed by atoms with Gasteiger partial charge in [-0.3, -0.25) is 10.1 Å². The van der Waals surface area contributed by atoms with E-state index < -0.39 is 10.0 Å². The van der Waals surface area contributed by atoms with E-state index in [1.165, 1.54) is 12.1 Å². The summed E-state index contributed by atoms with van der Waals surface area (Å²) in [6, 6.07) is 6.17. The van der Waals surface area contributed by atoms with Gasteiger partial charge in [0.1, 0.15) is 0 Å². The lowest BCUT2D eigenvalue weighted by Crippen LogP contribution is -2.56. The highest BCUT2D eigenvalue weighted by atomic mass is 35.5. The zero-order valence-corrected chi connectivity index (χ0v) is 15.2. The summed E-state index contributed by atoms with van der Waals surface area (Å²) in [4.78, 5) is 2.28. The SMILES string of the molecule is CN1CC[N+](C)(CCCS(=O)(=O)N(O)c2cccc(Cl)c2)CC1. The van der Waals surface area contributed by atoms with Gasteiger partial charge in [0.05, 0.1) is 38.1 Å². The van der Waals surface area contributed by atoms with Crippen molar-refractivity contribution >= 4 is 27.3 Å². The Morgan fingerprint density at radius 2 is 2.00 bits per heavy atom. The van der Waals surface area contributed by atoms with E-state index in [2.05, 4.69) is 19.0 Å². The van der Waals surface area contributed by atoms with Crippen LogP contribution in [-0.4, -0.2) is 75.6 Å². The van der Waals surface area contributed by atoms with E-state index in [-0.39, 0.29) is 11.4 Å². The van der Waals surface area contributed by atoms with Gasteiger partial charge in [-0.15, -0.1) is 4.47 Å². The Morgan fingerprint density at radius 3 is 2.61 bits per heavy atom. The summed E-state index contributed by atoms with van der Waals surface area (Å²) in [5.74, 6) is -0.0836. The van der Waals surface area contributed by atoms with Gasteiger partial charge in [0, 0.05) is 24.5 Å². The number of sulfonamides is 1. The molecule has 1 saturated heterocycles. The van der Waals surface area contributed by atoms with Gasteiger partial charge in [-0.05, 0) is 25.2 Å². The third-order valence-corrected chi connectivity index (χ3v) is 6.21. The van der Waals surface area contributed by atoms with E-state index >= 15 is 0 Å². The molecule has 1 aromatic rings. The van der Waals surface area contributed by atoms with Crippen molar-refractivity contribution in [2.45, 2.75) is 6.42 Å². The largest absolute Gasteiger partial charge is 0.324 e. The number of anilines is 1. The van der Waals surface area contributed by atoms with Crippen molar-refractivity contribution in [3.63, 3.8) is 0 Å². The van der Waals surface area contributed by atoms with Crippen LogP contribution in [0.25, 0.3) is 0 Å². The van der Waals surface area contributed by atoms with E-state index in [0.717, 1.165) is 37.2 Å². The lowest BCUT2D eigenvalue weighted by molar-refractivity contribution is -0.913. The fourth-order valence-electron chi connectivity index (χ4n) is 2.74. The second-order valence-corrected chi connectivity index (χ2v) is 8.84. The molecule has 1 aromatic carbocycles. The summed E-state index contributed by atoms with van der Waals surface area (Å²) in [6.45, 7) is 4.88. The van der Waals surface area contributed by atoms with Gasteiger partial charge >= 0.3 is 0 Å². The molecular formula is C15H25ClN3O3S+. The maximum absolute atomic E-state index is 12.3. The molecule has 0 radical (unpaired) electrons. The molecule has 1 heterocycles. The van der Waals surface area contributed by atoms with Gasteiger partial charge < -0.3 is 4.48 Å². The fraction of sp³-hybridized carbons (Fsp3) is 0.600. The predicted octanol–water partition coefficient (Wildman–Crippen LogP) is 1.65. The van der Waals surface area contributed by atoms with Crippen molar-refractivity contribution in [3.8, 4) is 0 Å². The normalized spacial score (nSPS) is 18.8. The van der Waals surface area contributed by atoms with Crippen LogP contribution in [0, 0.1) is 0 Å². The highest BCUT2D eigenvalue weighted by molar-refractivity contribution is 7.92. The lowest BCUT2D eigenvalue weighted by atomic mass is 10.2. The van der Waals surface area contributed by atoms with Gasteiger partial charge in [0.25, 0.3) is 10.0 Å². The van der Waals surface area contributed by atoms with Crippen LogP contribution in [0.2, 0.25) is 5.02 Å². The molecule has 23 heavy (non-hydrogen) atoms. The molecule has 8 heteroatoms. The number of quaternary nitrogens is 1. The highest BCUT2D eigenvalue weighted by Crippen LogP contribution is 2.21. The molecule has 0 amide bonds. The van der Waals surface area contributed by atoms with Crippen molar-refractivity contribution < 1.29 is 18.1 Å². The highest BCUT2D eigenvalue weighted by Gasteiger charge is 2.28. The molecule has 1 aliphatic heterocycles. The minimum atomic E-state index is -3.76. The Kier molecular flexibility index (Phi) is 5.91. The van der Waals surface area contributed by atoms with Crippen LogP contribution >= 0.6 is 11.6 Å². The van der Waals surface area contributed by atoms with Gasteiger partial charge in [0.15, 0.2) is 0 Å². The monoisotopic (exact) mass is 362 g/mol. The van der Waals surface area contributed by atoms with Gasteiger partial charge in [-0.1, -0.05) is 17.7 Å². The van der Waals surface area contributed by atoms with E-state index in [9.17, 15) is 13.6 Å². The van der Waals surface area contributed by atoms with Gasteiger partial charge in [-0.25, -0.2) is 8.42 Å². The number of rotatable bonds is 6. The van der Waals surface area contributed by atoms with Gasteiger partial charge in [-0.2, -0.15) is 0 Å². The molecule has 0 aromatic heterocycles. The number of hydrogen-bond donors (Lipinski definition) is 1. The molecule has 130 valence electrons. The van der Waals surface area contributed by atoms with Crippen LogP contribution in [0.15, 0.2) is 24.3 Å². The van der Waals surface area contributed by atoms with Crippen LogP contribution in [0.3, 0.4) is 0 Å². The van der Waals surface area contributed by atoms with Gasteiger partial charge in [0.2, 0.25) is 0 Å². The molecule has 0 atom stereocenters. The molecule has 0 saturated carbocycles. The molecule has 1 aliphatic rings. The zero-order valence-electron chi connectivity index (χ0n) is 13.7. The van der Waals surface area contributed by atoms with E-state index in [4.69, 9.17) is 11.6 Å². The van der Waals surface area contributed by atoms with Crippen molar-refractivity contribution in [2.24, 2.45) is 0 Å². The van der Waals surface area contributed by atoms with Crippen molar-refractivity contribution in [2.75, 3.05) is 57.0 Å². The fourth-order valence-corrected chi connectivity index (χ4v) is 4.03. The summed E-state index contributed by atoms with van der Waals surface area (Å²) in [6.07, 6.45) is 0.514. The number of piperazine rings is 1. The third-order valence-electron chi connectivity index (χ3n) is 4.44. The second-order valence-electron chi connectivity index (χ2n) is 6.49. The van der Waals surface area contributed by atoms with E-state index in [0.29, 0.717) is 15.9 Å². The average molecular weight is 363 g/mol. The average Bonchev–Trinajstić information content (AvgIpc) is 2.49. The number of likely N-dealkylation sites (N-methyl/N-ethyl adjacent to an activating group) is 2. The van der Waals surface area contributed by atoms with Crippen LogP contribution in [-0.2, 0) is 10.0 Å². The first kappa shape index (κ1) is 18.5. The second kappa shape index (κ2) is 7.36. The summed E-state index contributed by atoms with van der Waals surface area (Å²) in [7, 11) is 0.501. The van der Waals surface area contributed by atoms with E-state index in [1.807, 2.05) is 0 Å². The Hall–Kier alpha value is -0.860. The number of hydrogen-bond acceptors (Lipinski definition) is 4. The molecule has 1 N–H and O–H groups in total. The van der Waals surface area contributed by atoms with Crippen molar-refractivity contribution in [1.82, 2.24) is 4.90 Å². The predicted molar refractivity (Wildman–Crippen MR) is 92.4 cm³/mol. The number of halogens is 1. The molecule has 0 bridgehead atoms. The molecule has 6 nitrogen and oxygen atoms in total. The van der Waals surface area contributed by atoms with E-state index in [1.54, 1.807) is 12.1 Å². The number of nitrogens with zero attached hydrogens (tertiary/aromatic N) is 3. The quantitative estimate of drug-likeness (QED) is 0.617. The third kappa shape index (κ3) is 5.06. The number of benzene rings is 1. The molecule has 2 rings (SSSR count). The summed E-state index contributed by atoms with van der Waals surface area (Å²) >= 11 is 5.84. The maximum atomic E-state index is 12.3. The van der Waals surface area contributed by atoms with Crippen molar-refractivity contribution in [1.29, 1.82) is 0 Å². The topological polar surface area (TPSA) is 60.9 Å². The minimum Gasteiger partial charge on any atom is -0.324 e. The smallest absolute Gasteiger partial charge is 0.257 e. The van der Waals surface area contributed by atoms with Crippen LogP contribution in [0.5, 0.6) is 0 Å². The minimum absolute atomic E-state index is 0.0836. The first-order valence-electron chi connectivity index (χ1n) is 7.71. The first-order valence-corrected chi connectivity index (χ1v) is 9.70. The van der Waals surface area contributed by atoms with Crippen LogP contribution < -0.4 is 4.47 Å². The lowest BCUT2D eigenvalue weighted by Gasteiger charge is -2.41. The summed E-state index contributed by atoms with van der Waals surface area (Å²) in [5, 5.41) is 10.4. The van der Waals surface area contributed by atoms with Crippen LogP contribution in [0.4, 0.5) is 5.69 Å². The molecule has 0 aliphatic carbocycles. The Bertz CT molecular complexity index is 631. The Balaban J connectivity index is 1.91. The molecule has 1 fully saturated rings. The Morgan fingerprint density at radius 1 is 1.35 bits per heavy atom. The molecule has 0 spiro atoms. The molecular weight excluding hydrogens is 338 g/mol. The van der Waals surface area contributed by atoms with Crippen LogP contribution in [0.1, 0.15) is 6.42 Å². The summed E-state index contributed by atoms with van der Waals surface area (Å²) in [5.41, 5.74) is 0.164. The van der Waals surface area contributed by atoms with Crippen molar-refractivity contribution in [3.05, 3.63) is 29.3 Å². The Labute approximate surface area is 143 Å². The maximum Gasteiger partial charge on any atom is 0.257 e.